The van der Waals surface area contributed by atoms with Gasteiger partial charge in [0.05, 0.1) is 16.3 Å². The predicted molar refractivity (Wildman–Crippen MR) is 73.4 cm³/mol. The minimum Gasteiger partial charge on any atom is -0.319 e. The molecule has 0 unspecified atom stereocenters. The third kappa shape index (κ3) is 3.82. The van der Waals surface area contributed by atoms with Crippen LogP contribution in [0.3, 0.4) is 0 Å². The van der Waals surface area contributed by atoms with E-state index in [2.05, 4.69) is 5.32 Å². The van der Waals surface area contributed by atoms with Crippen LogP contribution in [-0.4, -0.2) is 18.0 Å². The summed E-state index contributed by atoms with van der Waals surface area (Å²) in [5, 5.41) is 5.89. The molecule has 8 heteroatoms. The zero-order valence-corrected chi connectivity index (χ0v) is 11.2. The van der Waals surface area contributed by atoms with Gasteiger partial charge in [0.2, 0.25) is 0 Å². The highest BCUT2D eigenvalue weighted by molar-refractivity contribution is 7.12. The number of carbonyl (C=O) groups excluding carboxylic acids is 2. The van der Waals surface area contributed by atoms with Gasteiger partial charge in [-0.2, -0.15) is 13.2 Å². The number of thiophene rings is 1. The lowest BCUT2D eigenvalue weighted by atomic mass is 10.2. The van der Waals surface area contributed by atoms with Crippen molar-refractivity contribution in [1.82, 2.24) is 0 Å². The van der Waals surface area contributed by atoms with E-state index >= 15 is 0 Å². The van der Waals surface area contributed by atoms with Crippen molar-refractivity contribution >= 4 is 34.5 Å². The van der Waals surface area contributed by atoms with Crippen molar-refractivity contribution in [3.05, 3.63) is 46.7 Å². The summed E-state index contributed by atoms with van der Waals surface area (Å²) in [5.41, 5.74) is -0.0294. The molecule has 0 saturated carbocycles. The summed E-state index contributed by atoms with van der Waals surface area (Å²) in [6, 6.07) is 8.92. The van der Waals surface area contributed by atoms with Gasteiger partial charge in [-0.1, -0.05) is 18.2 Å². The first-order chi connectivity index (χ1) is 9.88. The lowest BCUT2D eigenvalue weighted by molar-refractivity contribution is -0.167. The maximum Gasteiger partial charge on any atom is 0.471 e. The first kappa shape index (κ1) is 15.0. The van der Waals surface area contributed by atoms with Crippen molar-refractivity contribution in [2.24, 2.45) is 0 Å². The second kappa shape index (κ2) is 5.96. The molecule has 1 aromatic carbocycles. The fourth-order valence-corrected chi connectivity index (χ4v) is 2.10. The second-order valence-electron chi connectivity index (χ2n) is 3.93. The van der Waals surface area contributed by atoms with E-state index in [1.165, 1.54) is 35.6 Å². The van der Waals surface area contributed by atoms with E-state index < -0.39 is 18.0 Å². The normalized spacial score (nSPS) is 11.0. The molecule has 1 heterocycles. The summed E-state index contributed by atoms with van der Waals surface area (Å²) in [6.45, 7) is 0. The third-order valence-corrected chi connectivity index (χ3v) is 3.29. The summed E-state index contributed by atoms with van der Waals surface area (Å²) >= 11 is 1.19. The highest BCUT2D eigenvalue weighted by Gasteiger charge is 2.39. The van der Waals surface area contributed by atoms with Gasteiger partial charge in [0.15, 0.2) is 0 Å². The molecule has 1 aromatic heterocycles. The number of halogens is 3. The van der Waals surface area contributed by atoms with Crippen molar-refractivity contribution in [2.75, 3.05) is 10.6 Å². The van der Waals surface area contributed by atoms with Crippen LogP contribution in [0.15, 0.2) is 41.8 Å². The quantitative estimate of drug-likeness (QED) is 0.911. The van der Waals surface area contributed by atoms with Crippen molar-refractivity contribution in [3.8, 4) is 0 Å². The third-order valence-electron chi connectivity index (χ3n) is 2.43. The summed E-state index contributed by atoms with van der Waals surface area (Å²) in [7, 11) is 0. The SMILES string of the molecule is O=C(Nc1ccccc1NC(=O)C(F)(F)F)c1cccs1. The Morgan fingerprint density at radius 1 is 0.952 bits per heavy atom. The van der Waals surface area contributed by atoms with Crippen molar-refractivity contribution in [1.29, 1.82) is 0 Å². The number of alkyl halides is 3. The van der Waals surface area contributed by atoms with E-state index in [-0.39, 0.29) is 11.4 Å². The first-order valence-electron chi connectivity index (χ1n) is 5.70. The van der Waals surface area contributed by atoms with E-state index in [1.807, 2.05) is 0 Å². The number of benzene rings is 1. The predicted octanol–water partition coefficient (Wildman–Crippen LogP) is 3.50. The Morgan fingerprint density at radius 2 is 1.57 bits per heavy atom. The standard InChI is InChI=1S/C13H9F3N2O2S/c14-13(15,16)12(20)18-9-5-2-1-4-8(9)17-11(19)10-6-3-7-21-10/h1-7H,(H,17,19)(H,18,20). The van der Waals surface area contributed by atoms with E-state index in [4.69, 9.17) is 0 Å². The summed E-state index contributed by atoms with van der Waals surface area (Å²) in [6.07, 6.45) is -5.00. The molecule has 110 valence electrons. The maximum atomic E-state index is 12.3. The van der Waals surface area contributed by atoms with Gasteiger partial charge in [0.1, 0.15) is 0 Å². The molecule has 4 nitrogen and oxygen atoms in total. The summed E-state index contributed by atoms with van der Waals surface area (Å²) in [4.78, 5) is 23.2. The van der Waals surface area contributed by atoms with Crippen LogP contribution < -0.4 is 10.6 Å². The molecule has 0 saturated heterocycles. The molecule has 0 spiro atoms. The average Bonchev–Trinajstić information content (AvgIpc) is 2.93. The van der Waals surface area contributed by atoms with Crippen LogP contribution >= 0.6 is 11.3 Å². The van der Waals surface area contributed by atoms with Gasteiger partial charge in [0.25, 0.3) is 5.91 Å². The smallest absolute Gasteiger partial charge is 0.319 e. The highest BCUT2D eigenvalue weighted by atomic mass is 32.1. The molecular formula is C13H9F3N2O2S. The Balaban J connectivity index is 2.17. The fourth-order valence-electron chi connectivity index (χ4n) is 1.49. The molecular weight excluding hydrogens is 305 g/mol. The number of hydrogen-bond acceptors (Lipinski definition) is 3. The first-order valence-corrected chi connectivity index (χ1v) is 6.58. The topological polar surface area (TPSA) is 58.2 Å². The molecule has 0 atom stereocenters. The van der Waals surface area contributed by atoms with Crippen LogP contribution in [0.1, 0.15) is 9.67 Å². The van der Waals surface area contributed by atoms with Gasteiger partial charge in [-0.25, -0.2) is 0 Å². The number of rotatable bonds is 3. The molecule has 0 aliphatic carbocycles. The lowest BCUT2D eigenvalue weighted by Crippen LogP contribution is -2.30. The van der Waals surface area contributed by atoms with Gasteiger partial charge in [-0.05, 0) is 23.6 Å². The van der Waals surface area contributed by atoms with Gasteiger partial charge in [-0.3, -0.25) is 9.59 Å². The molecule has 2 amide bonds. The lowest BCUT2D eigenvalue weighted by Gasteiger charge is -2.12. The molecule has 0 bridgehead atoms. The molecule has 2 N–H and O–H groups in total. The molecule has 2 aromatic rings. The maximum absolute atomic E-state index is 12.3. The Bertz CT molecular complexity index is 654. The second-order valence-corrected chi connectivity index (χ2v) is 4.88. The number of nitrogens with one attached hydrogen (secondary N) is 2. The average molecular weight is 314 g/mol. The Labute approximate surface area is 121 Å². The number of amides is 2. The number of carbonyl (C=O) groups is 2. The minimum atomic E-state index is -5.00. The zero-order valence-electron chi connectivity index (χ0n) is 10.4. The van der Waals surface area contributed by atoms with E-state index in [1.54, 1.807) is 22.8 Å². The summed E-state index contributed by atoms with van der Waals surface area (Å²) < 4.78 is 36.8. The van der Waals surface area contributed by atoms with Crippen molar-refractivity contribution < 1.29 is 22.8 Å². The molecule has 0 fully saturated rings. The van der Waals surface area contributed by atoms with Gasteiger partial charge < -0.3 is 10.6 Å². The monoisotopic (exact) mass is 314 g/mol. The van der Waals surface area contributed by atoms with E-state index in [0.29, 0.717) is 4.88 Å². The number of anilines is 2. The van der Waals surface area contributed by atoms with Gasteiger partial charge in [0, 0.05) is 0 Å². The van der Waals surface area contributed by atoms with Crippen LogP contribution in [0.4, 0.5) is 24.5 Å². The molecule has 0 aliphatic heterocycles. The van der Waals surface area contributed by atoms with Crippen LogP contribution in [0.25, 0.3) is 0 Å². The molecule has 2 rings (SSSR count). The van der Waals surface area contributed by atoms with Crippen LogP contribution in [-0.2, 0) is 4.79 Å². The number of para-hydroxylation sites is 2. The Kier molecular flexibility index (Phi) is 4.27. The molecule has 0 aliphatic rings. The Hall–Kier alpha value is -2.35. The highest BCUT2D eigenvalue weighted by Crippen LogP contribution is 2.25. The van der Waals surface area contributed by atoms with Gasteiger partial charge >= 0.3 is 12.1 Å². The van der Waals surface area contributed by atoms with E-state index in [0.717, 1.165) is 0 Å². The number of hydrogen-bond donors (Lipinski definition) is 2. The summed E-state index contributed by atoms with van der Waals surface area (Å²) in [5.74, 6) is -2.56. The van der Waals surface area contributed by atoms with Gasteiger partial charge in [-0.15, -0.1) is 11.3 Å². The minimum absolute atomic E-state index is 0.0912. The molecule has 0 radical (unpaired) electrons. The van der Waals surface area contributed by atoms with Crippen LogP contribution in [0, 0.1) is 0 Å². The Morgan fingerprint density at radius 3 is 2.10 bits per heavy atom. The van der Waals surface area contributed by atoms with Crippen LogP contribution in [0.5, 0.6) is 0 Å². The van der Waals surface area contributed by atoms with E-state index in [9.17, 15) is 22.8 Å². The largest absolute Gasteiger partial charge is 0.471 e. The van der Waals surface area contributed by atoms with Crippen molar-refractivity contribution in [2.45, 2.75) is 6.18 Å². The molecule has 21 heavy (non-hydrogen) atoms. The zero-order chi connectivity index (χ0) is 15.5. The fraction of sp³-hybridized carbons (Fsp3) is 0.0769. The van der Waals surface area contributed by atoms with Crippen molar-refractivity contribution in [3.63, 3.8) is 0 Å². The van der Waals surface area contributed by atoms with Crippen LogP contribution in [0.2, 0.25) is 0 Å².